The first-order valence-electron chi connectivity index (χ1n) is 11.4. The van der Waals surface area contributed by atoms with Crippen molar-refractivity contribution in [3.05, 3.63) is 53.0 Å². The number of carbonyl (C=O) groups excluding carboxylic acids is 1. The summed E-state index contributed by atoms with van der Waals surface area (Å²) in [5.74, 6) is 0.571. The Kier molecular flexibility index (Phi) is 7.61. The zero-order chi connectivity index (χ0) is 23.3. The van der Waals surface area contributed by atoms with Crippen LogP contribution in [0.2, 0.25) is 0 Å². The van der Waals surface area contributed by atoms with Gasteiger partial charge in [-0.2, -0.15) is 0 Å². The van der Waals surface area contributed by atoms with Crippen molar-refractivity contribution in [2.24, 2.45) is 0 Å². The minimum Gasteiger partial charge on any atom is -0.464 e. The molecular formula is C25H35N3O4. The number of amides is 1. The Labute approximate surface area is 190 Å². The summed E-state index contributed by atoms with van der Waals surface area (Å²) < 4.78 is 12.9. The van der Waals surface area contributed by atoms with Crippen molar-refractivity contribution in [1.29, 1.82) is 0 Å². The van der Waals surface area contributed by atoms with E-state index < -0.39 is 5.60 Å². The minimum absolute atomic E-state index is 0.0432. The summed E-state index contributed by atoms with van der Waals surface area (Å²) in [5, 5.41) is 3.90. The van der Waals surface area contributed by atoms with Crippen LogP contribution in [0.4, 0.5) is 4.79 Å². The number of aromatic nitrogens is 1. The van der Waals surface area contributed by atoms with Crippen molar-refractivity contribution >= 4 is 17.0 Å². The summed E-state index contributed by atoms with van der Waals surface area (Å²) in [5.41, 5.74) is 0.946. The van der Waals surface area contributed by atoms with Crippen molar-refractivity contribution < 1.29 is 14.3 Å². The molecule has 7 heteroatoms. The third-order valence-electron chi connectivity index (χ3n) is 6.32. The molecule has 0 radical (unpaired) electrons. The highest BCUT2D eigenvalue weighted by atomic mass is 16.6. The van der Waals surface area contributed by atoms with Gasteiger partial charge in [-0.05, 0) is 52.2 Å². The third kappa shape index (κ3) is 5.51. The fourth-order valence-electron chi connectivity index (χ4n) is 4.03. The third-order valence-corrected chi connectivity index (χ3v) is 6.32. The van der Waals surface area contributed by atoms with Gasteiger partial charge >= 0.3 is 6.09 Å². The summed E-state index contributed by atoms with van der Waals surface area (Å²) in [4.78, 5) is 27.5. The molecular weight excluding hydrogens is 406 g/mol. The highest BCUT2D eigenvalue weighted by Crippen LogP contribution is 2.27. The predicted molar refractivity (Wildman–Crippen MR) is 127 cm³/mol. The van der Waals surface area contributed by atoms with Crippen LogP contribution in [-0.2, 0) is 11.3 Å². The van der Waals surface area contributed by atoms with Crippen LogP contribution in [0.25, 0.3) is 10.9 Å². The van der Waals surface area contributed by atoms with Crippen LogP contribution in [0.15, 0.2) is 41.9 Å². The smallest absolute Gasteiger partial charge is 0.407 e. The van der Waals surface area contributed by atoms with E-state index in [2.05, 4.69) is 16.8 Å². The molecule has 32 heavy (non-hydrogen) atoms. The number of piperidine rings is 1. The molecule has 1 aliphatic heterocycles. The Morgan fingerprint density at radius 3 is 2.59 bits per heavy atom. The van der Waals surface area contributed by atoms with Crippen molar-refractivity contribution in [2.45, 2.75) is 65.1 Å². The molecule has 1 aromatic carbocycles. The number of nitrogens with one attached hydrogen (secondary N) is 1. The quantitative estimate of drug-likeness (QED) is 0.621. The molecule has 0 bridgehead atoms. The molecule has 0 unspecified atom stereocenters. The number of hydrogen-bond acceptors (Lipinski definition) is 5. The molecule has 7 nitrogen and oxygen atoms in total. The van der Waals surface area contributed by atoms with Crippen LogP contribution >= 0.6 is 0 Å². The van der Waals surface area contributed by atoms with Crippen LogP contribution < -0.4 is 15.6 Å². The monoisotopic (exact) mass is 441 g/mol. The Hall–Kier alpha value is -2.80. The van der Waals surface area contributed by atoms with Gasteiger partial charge in [0.25, 0.3) is 5.56 Å². The summed E-state index contributed by atoms with van der Waals surface area (Å²) in [6, 6.07) is 7.91. The number of ether oxygens (including phenoxy) is 2. The normalized spacial score (nSPS) is 15.5. The standard InChI is InChI=1S/C25H35N3O4/c1-6-25(4,5)32-24(30)26-19-12-14-27(15-13-19)16-17-28-21-11-9-8-10-20(21)22(31-7-2)18(3)23(28)29/h7-11,19H,2,6,12-17H2,1,3-5H3,(H,26,30). The Bertz CT molecular complexity index is 1020. The summed E-state index contributed by atoms with van der Waals surface area (Å²) in [6.07, 6.45) is 3.51. The van der Waals surface area contributed by atoms with Crippen molar-refractivity contribution in [2.75, 3.05) is 19.6 Å². The van der Waals surface area contributed by atoms with Crippen LogP contribution in [0, 0.1) is 6.92 Å². The summed E-state index contributed by atoms with van der Waals surface area (Å²) in [6.45, 7) is 14.3. The second-order valence-corrected chi connectivity index (χ2v) is 8.98. The highest BCUT2D eigenvalue weighted by Gasteiger charge is 2.25. The molecule has 1 aromatic heterocycles. The molecule has 0 spiro atoms. The van der Waals surface area contributed by atoms with E-state index in [1.54, 1.807) is 6.92 Å². The fraction of sp³-hybridized carbons (Fsp3) is 0.520. The first-order chi connectivity index (χ1) is 15.3. The highest BCUT2D eigenvalue weighted by molar-refractivity contribution is 5.86. The molecule has 2 heterocycles. The first kappa shape index (κ1) is 23.9. The maximum Gasteiger partial charge on any atom is 0.407 e. The van der Waals surface area contributed by atoms with Crippen molar-refractivity contribution in [3.8, 4) is 5.75 Å². The molecule has 1 fully saturated rings. The largest absolute Gasteiger partial charge is 0.464 e. The SMILES string of the molecule is C=COc1c(C)c(=O)n(CCN2CCC(NC(=O)OC(C)(C)CC)CC2)c2ccccc12. The fourth-order valence-corrected chi connectivity index (χ4v) is 4.03. The maximum absolute atomic E-state index is 13.0. The minimum atomic E-state index is -0.453. The van der Waals surface area contributed by atoms with Crippen LogP contribution in [0.3, 0.4) is 0 Å². The molecule has 174 valence electrons. The average molecular weight is 442 g/mol. The van der Waals surface area contributed by atoms with Crippen molar-refractivity contribution in [3.63, 3.8) is 0 Å². The molecule has 0 atom stereocenters. The van der Waals surface area contributed by atoms with Gasteiger partial charge in [-0.15, -0.1) is 0 Å². The van der Waals surface area contributed by atoms with Gasteiger partial charge in [0.15, 0.2) is 0 Å². The number of fused-ring (bicyclic) bond motifs is 1. The Morgan fingerprint density at radius 2 is 1.94 bits per heavy atom. The number of nitrogens with zero attached hydrogens (tertiary/aromatic N) is 2. The number of rotatable bonds is 8. The lowest BCUT2D eigenvalue weighted by Gasteiger charge is -2.33. The van der Waals surface area contributed by atoms with Gasteiger partial charge in [0.05, 0.1) is 17.3 Å². The van der Waals surface area contributed by atoms with Gasteiger partial charge in [0.1, 0.15) is 11.4 Å². The van der Waals surface area contributed by atoms with Crippen LogP contribution in [0.1, 0.15) is 45.6 Å². The molecule has 1 aliphatic rings. The second kappa shape index (κ2) is 10.2. The van der Waals surface area contributed by atoms with Gasteiger partial charge in [-0.25, -0.2) is 4.79 Å². The number of benzene rings is 1. The summed E-state index contributed by atoms with van der Waals surface area (Å²) >= 11 is 0. The van der Waals surface area contributed by atoms with Gasteiger partial charge in [0.2, 0.25) is 0 Å². The van der Waals surface area contributed by atoms with E-state index in [1.165, 1.54) is 6.26 Å². The number of hydrogen-bond donors (Lipinski definition) is 1. The number of likely N-dealkylation sites (tertiary alicyclic amines) is 1. The molecule has 2 aromatic rings. The van der Waals surface area contributed by atoms with Crippen LogP contribution in [-0.4, -0.2) is 46.8 Å². The Balaban J connectivity index is 1.61. The second-order valence-electron chi connectivity index (χ2n) is 8.98. The molecule has 0 saturated carbocycles. The maximum atomic E-state index is 13.0. The lowest BCUT2D eigenvalue weighted by Crippen LogP contribution is -2.47. The van der Waals surface area contributed by atoms with E-state index in [4.69, 9.17) is 9.47 Å². The predicted octanol–water partition coefficient (Wildman–Crippen LogP) is 4.21. The van der Waals surface area contributed by atoms with E-state index >= 15 is 0 Å². The van der Waals surface area contributed by atoms with Gasteiger partial charge in [0, 0.05) is 37.6 Å². The zero-order valence-corrected chi connectivity index (χ0v) is 19.6. The van der Waals surface area contributed by atoms with E-state index in [0.29, 0.717) is 17.9 Å². The lowest BCUT2D eigenvalue weighted by molar-refractivity contribution is 0.0322. The van der Waals surface area contributed by atoms with Gasteiger partial charge in [-0.1, -0.05) is 25.6 Å². The number of alkyl carbamates (subject to hydrolysis) is 1. The molecule has 1 N–H and O–H groups in total. The van der Waals surface area contributed by atoms with Crippen molar-refractivity contribution in [1.82, 2.24) is 14.8 Å². The number of pyridine rings is 1. The van der Waals surface area contributed by atoms with E-state index in [0.717, 1.165) is 49.8 Å². The van der Waals surface area contributed by atoms with E-state index in [1.807, 2.05) is 49.6 Å². The molecule has 1 saturated heterocycles. The molecule has 1 amide bonds. The number of para-hydroxylation sites is 1. The molecule has 3 rings (SSSR count). The molecule has 0 aliphatic carbocycles. The van der Waals surface area contributed by atoms with E-state index in [9.17, 15) is 9.59 Å². The lowest BCUT2D eigenvalue weighted by atomic mass is 10.1. The topological polar surface area (TPSA) is 72.8 Å². The zero-order valence-electron chi connectivity index (χ0n) is 19.6. The Morgan fingerprint density at radius 1 is 1.25 bits per heavy atom. The number of carbonyl (C=O) groups is 1. The average Bonchev–Trinajstić information content (AvgIpc) is 2.77. The summed E-state index contributed by atoms with van der Waals surface area (Å²) in [7, 11) is 0. The van der Waals surface area contributed by atoms with Gasteiger partial charge < -0.3 is 24.3 Å². The van der Waals surface area contributed by atoms with Gasteiger partial charge in [-0.3, -0.25) is 4.79 Å². The van der Waals surface area contributed by atoms with Crippen LogP contribution in [0.5, 0.6) is 5.75 Å². The first-order valence-corrected chi connectivity index (χ1v) is 11.4. The van der Waals surface area contributed by atoms with E-state index in [-0.39, 0.29) is 17.7 Å².